The normalized spacial score (nSPS) is 13.1. The molecule has 0 saturated heterocycles. The minimum atomic E-state index is 0.233. The maximum absolute atomic E-state index is 6.51. The molecular weight excluding hydrogens is 278 g/mol. The van der Waals surface area contributed by atoms with E-state index in [1.807, 2.05) is 30.3 Å². The number of fused-ring (bicyclic) bond motifs is 3. The highest BCUT2D eigenvalue weighted by molar-refractivity contribution is 6.40. The molecule has 0 amide bonds. The van der Waals surface area contributed by atoms with Gasteiger partial charge in [0.1, 0.15) is 5.75 Å². The number of hydrogen-bond acceptors (Lipinski definition) is 4. The van der Waals surface area contributed by atoms with Crippen molar-refractivity contribution >= 4 is 33.4 Å². The van der Waals surface area contributed by atoms with Crippen molar-refractivity contribution in [3.05, 3.63) is 35.4 Å². The van der Waals surface area contributed by atoms with Crippen LogP contribution in [0, 0.1) is 0 Å². The summed E-state index contributed by atoms with van der Waals surface area (Å²) < 4.78 is 16.0. The number of nitrogens with zero attached hydrogens (tertiary/aromatic N) is 1. The van der Waals surface area contributed by atoms with Crippen LogP contribution in [0.4, 0.5) is 0 Å². The Morgan fingerprint density at radius 1 is 1.05 bits per heavy atom. The van der Waals surface area contributed by atoms with Crippen LogP contribution >= 0.6 is 11.6 Å². The van der Waals surface area contributed by atoms with Crippen LogP contribution in [0.2, 0.25) is 5.02 Å². The number of aromatic nitrogens is 1. The molecular formula is C15H10ClNO3. The van der Waals surface area contributed by atoms with Crippen LogP contribution in [0.25, 0.3) is 21.8 Å². The summed E-state index contributed by atoms with van der Waals surface area (Å²) in [7, 11) is 1.63. The third-order valence-corrected chi connectivity index (χ3v) is 3.82. The van der Waals surface area contributed by atoms with Gasteiger partial charge in [-0.15, -0.1) is 0 Å². The first-order valence-electron chi connectivity index (χ1n) is 6.13. The van der Waals surface area contributed by atoms with Crippen LogP contribution in [0.15, 0.2) is 30.3 Å². The predicted octanol–water partition coefficient (Wildman–Crippen LogP) is 3.78. The lowest BCUT2D eigenvalue weighted by molar-refractivity contribution is 0.174. The molecule has 20 heavy (non-hydrogen) atoms. The first kappa shape index (κ1) is 11.6. The van der Waals surface area contributed by atoms with Crippen LogP contribution in [0.5, 0.6) is 17.2 Å². The smallest absolute Gasteiger partial charge is 0.231 e. The molecule has 4 rings (SSSR count). The topological polar surface area (TPSA) is 40.6 Å². The molecule has 0 unspecified atom stereocenters. The predicted molar refractivity (Wildman–Crippen MR) is 76.9 cm³/mol. The van der Waals surface area contributed by atoms with E-state index in [1.165, 1.54) is 0 Å². The third-order valence-electron chi connectivity index (χ3n) is 3.41. The molecule has 0 radical (unpaired) electrons. The summed E-state index contributed by atoms with van der Waals surface area (Å²) in [5.74, 6) is 2.15. The summed E-state index contributed by atoms with van der Waals surface area (Å²) in [6.45, 7) is 0.233. The summed E-state index contributed by atoms with van der Waals surface area (Å²) in [4.78, 5) is 4.62. The highest BCUT2D eigenvalue weighted by atomic mass is 35.5. The molecule has 1 aromatic heterocycles. The average Bonchev–Trinajstić information content (AvgIpc) is 2.93. The van der Waals surface area contributed by atoms with E-state index in [1.54, 1.807) is 7.11 Å². The second kappa shape index (κ2) is 4.15. The third kappa shape index (κ3) is 1.58. The molecule has 3 aromatic rings. The van der Waals surface area contributed by atoms with Gasteiger partial charge >= 0.3 is 0 Å². The van der Waals surface area contributed by atoms with Crippen molar-refractivity contribution in [2.75, 3.05) is 13.9 Å². The van der Waals surface area contributed by atoms with Crippen molar-refractivity contribution in [1.82, 2.24) is 4.98 Å². The lowest BCUT2D eigenvalue weighted by atomic mass is 10.1. The number of rotatable bonds is 1. The zero-order valence-corrected chi connectivity index (χ0v) is 11.4. The number of methoxy groups -OCH3 is 1. The van der Waals surface area contributed by atoms with E-state index in [4.69, 9.17) is 25.8 Å². The van der Waals surface area contributed by atoms with Gasteiger partial charge in [0.2, 0.25) is 6.79 Å². The molecule has 1 aliphatic heterocycles. The average molecular weight is 288 g/mol. The Balaban J connectivity index is 2.10. The molecule has 2 aromatic carbocycles. The fourth-order valence-electron chi connectivity index (χ4n) is 2.39. The monoisotopic (exact) mass is 287 g/mol. The van der Waals surface area contributed by atoms with E-state index in [0.717, 1.165) is 27.6 Å². The van der Waals surface area contributed by atoms with Crippen molar-refractivity contribution in [3.63, 3.8) is 0 Å². The Morgan fingerprint density at radius 2 is 1.80 bits per heavy atom. The Morgan fingerprint density at radius 3 is 2.60 bits per heavy atom. The summed E-state index contributed by atoms with van der Waals surface area (Å²) in [6.07, 6.45) is 0. The van der Waals surface area contributed by atoms with Crippen LogP contribution in [0.3, 0.4) is 0 Å². The number of ether oxygens (including phenoxy) is 3. The zero-order chi connectivity index (χ0) is 13.7. The van der Waals surface area contributed by atoms with Gasteiger partial charge in [0.05, 0.1) is 23.2 Å². The van der Waals surface area contributed by atoms with Crippen molar-refractivity contribution in [2.45, 2.75) is 0 Å². The van der Waals surface area contributed by atoms with Gasteiger partial charge in [-0.2, -0.15) is 0 Å². The van der Waals surface area contributed by atoms with E-state index in [-0.39, 0.29) is 6.79 Å². The first-order chi connectivity index (χ1) is 9.76. The summed E-state index contributed by atoms with van der Waals surface area (Å²) in [6, 6.07) is 9.36. The van der Waals surface area contributed by atoms with E-state index in [2.05, 4.69) is 4.98 Å². The highest BCUT2D eigenvalue weighted by Gasteiger charge is 2.17. The lowest BCUT2D eigenvalue weighted by Crippen LogP contribution is -1.92. The molecule has 1 aliphatic rings. The Bertz CT molecular complexity index is 848. The Kier molecular flexibility index (Phi) is 2.41. The molecule has 0 aliphatic carbocycles. The molecule has 0 fully saturated rings. The number of pyridine rings is 1. The van der Waals surface area contributed by atoms with Crippen molar-refractivity contribution < 1.29 is 14.2 Å². The second-order valence-corrected chi connectivity index (χ2v) is 4.91. The van der Waals surface area contributed by atoms with Crippen LogP contribution < -0.4 is 14.2 Å². The fraction of sp³-hybridized carbons (Fsp3) is 0.133. The molecule has 100 valence electrons. The lowest BCUT2D eigenvalue weighted by Gasteiger charge is -2.08. The molecule has 5 heteroatoms. The van der Waals surface area contributed by atoms with Gasteiger partial charge in [0, 0.05) is 16.8 Å². The second-order valence-electron chi connectivity index (χ2n) is 4.53. The van der Waals surface area contributed by atoms with Gasteiger partial charge in [0.25, 0.3) is 0 Å². The van der Waals surface area contributed by atoms with Crippen molar-refractivity contribution in [3.8, 4) is 17.2 Å². The van der Waals surface area contributed by atoms with Gasteiger partial charge in [-0.3, -0.25) is 0 Å². The maximum atomic E-state index is 6.51. The van der Waals surface area contributed by atoms with Crippen LogP contribution in [-0.2, 0) is 0 Å². The van der Waals surface area contributed by atoms with Gasteiger partial charge in [-0.05, 0) is 24.3 Å². The first-order valence-corrected chi connectivity index (χ1v) is 6.50. The van der Waals surface area contributed by atoms with Gasteiger partial charge in [-0.25, -0.2) is 4.98 Å². The van der Waals surface area contributed by atoms with Gasteiger partial charge < -0.3 is 14.2 Å². The number of benzene rings is 2. The molecule has 0 N–H and O–H groups in total. The molecule has 4 nitrogen and oxygen atoms in total. The Labute approximate surface area is 119 Å². The van der Waals surface area contributed by atoms with E-state index in [9.17, 15) is 0 Å². The van der Waals surface area contributed by atoms with Crippen LogP contribution in [0.1, 0.15) is 0 Å². The number of halogens is 1. The molecule has 2 heterocycles. The van der Waals surface area contributed by atoms with Crippen molar-refractivity contribution in [1.29, 1.82) is 0 Å². The standard InChI is InChI=1S/C15H10ClNO3/c1-18-8-2-3-11-9(4-8)15(16)10-5-13-14(20-7-19-13)6-12(10)17-11/h2-6H,7H2,1H3. The number of hydrogen-bond donors (Lipinski definition) is 0. The van der Waals surface area contributed by atoms with Gasteiger partial charge in [-0.1, -0.05) is 11.6 Å². The minimum Gasteiger partial charge on any atom is -0.497 e. The minimum absolute atomic E-state index is 0.233. The largest absolute Gasteiger partial charge is 0.497 e. The summed E-state index contributed by atoms with van der Waals surface area (Å²) in [5, 5.41) is 2.34. The maximum Gasteiger partial charge on any atom is 0.231 e. The van der Waals surface area contributed by atoms with Crippen molar-refractivity contribution in [2.24, 2.45) is 0 Å². The molecule has 0 saturated carbocycles. The molecule has 0 atom stereocenters. The quantitative estimate of drug-likeness (QED) is 0.639. The summed E-state index contributed by atoms with van der Waals surface area (Å²) >= 11 is 6.51. The SMILES string of the molecule is COc1ccc2nc3cc4c(cc3c(Cl)c2c1)OCO4. The van der Waals surface area contributed by atoms with Crippen LogP contribution in [-0.4, -0.2) is 18.9 Å². The Hall–Kier alpha value is -2.20. The zero-order valence-electron chi connectivity index (χ0n) is 10.6. The summed E-state index contributed by atoms with van der Waals surface area (Å²) in [5.41, 5.74) is 1.61. The fourth-order valence-corrected chi connectivity index (χ4v) is 2.69. The van der Waals surface area contributed by atoms with E-state index < -0.39 is 0 Å². The molecule has 0 spiro atoms. The van der Waals surface area contributed by atoms with E-state index in [0.29, 0.717) is 16.5 Å². The van der Waals surface area contributed by atoms with Gasteiger partial charge in [0.15, 0.2) is 11.5 Å². The molecule has 0 bridgehead atoms. The highest BCUT2D eigenvalue weighted by Crippen LogP contribution is 2.40. The van der Waals surface area contributed by atoms with E-state index >= 15 is 0 Å².